The molecule has 674 valence electrons. The normalized spacial score (nSPS) is 29.9. The maximum atomic E-state index is 14.5. The Labute approximate surface area is 738 Å². The number of alkyl halides is 16. The van der Waals surface area contributed by atoms with E-state index in [4.69, 9.17) is 68.5 Å². The first-order chi connectivity index (χ1) is 57.7. The molecule has 47 heteroatoms. The lowest BCUT2D eigenvalue weighted by atomic mass is 9.83. The number of aliphatic hydroxyl groups excluding tert-OH is 1. The van der Waals surface area contributed by atoms with Gasteiger partial charge in [0.05, 0.1) is 29.5 Å². The molecule has 0 spiro atoms. The van der Waals surface area contributed by atoms with Crippen molar-refractivity contribution < 1.29 is 132 Å². The molecule has 124 heavy (non-hydrogen) atoms. The number of hydroxylamine groups is 1. The van der Waals surface area contributed by atoms with Crippen LogP contribution in [0, 0.1) is 64.6 Å². The van der Waals surface area contributed by atoms with Crippen LogP contribution >= 0.6 is 91.3 Å². The number of hydrogen-bond donors (Lipinski definition) is 8. The zero-order valence-corrected chi connectivity index (χ0v) is 72.5. The number of amides is 1. The number of nitrogen functional groups attached to an aromatic ring is 1. The molecule has 18 atom stereocenters. The third kappa shape index (κ3) is 20.2. The van der Waals surface area contributed by atoms with Gasteiger partial charge in [0.1, 0.15) is 69.8 Å². The fraction of sp³-hybridized carbons (Fsp3) is 0.442. The van der Waals surface area contributed by atoms with E-state index in [1.807, 2.05) is 19.3 Å². The van der Waals surface area contributed by atoms with Crippen LogP contribution in [0.1, 0.15) is 104 Å². The van der Waals surface area contributed by atoms with E-state index in [-0.39, 0.29) is 43.0 Å². The van der Waals surface area contributed by atoms with Crippen molar-refractivity contribution in [2.45, 2.75) is 167 Å². The molecule has 12 aliphatic rings. The lowest BCUT2D eigenvalue weighted by Gasteiger charge is -2.36. The molecule has 6 aliphatic heterocycles. The Bertz CT molecular complexity index is 5060. The van der Waals surface area contributed by atoms with Crippen molar-refractivity contribution in [2.75, 3.05) is 11.6 Å². The molecule has 18 rings (SSSR count). The third-order valence-corrected chi connectivity index (χ3v) is 24.0. The second-order valence-electron chi connectivity index (χ2n) is 30.1. The van der Waals surface area contributed by atoms with Crippen LogP contribution in [0.3, 0.4) is 0 Å². The number of benzene rings is 6. The minimum Gasteiger partial charge on any atom is -0.462 e. The Balaban J connectivity index is 0.000000143. The number of amidine groups is 3. The molecule has 0 radical (unpaired) electrons. The fourth-order valence-electron chi connectivity index (χ4n) is 14.9. The van der Waals surface area contributed by atoms with Crippen molar-refractivity contribution in [3.05, 3.63) is 202 Å². The molecule has 21 nitrogen and oxygen atoms in total. The van der Waals surface area contributed by atoms with E-state index in [0.29, 0.717) is 46.8 Å². The number of nitrogens with one attached hydrogen (secondary N) is 2. The van der Waals surface area contributed by atoms with Gasteiger partial charge < -0.3 is 57.1 Å². The average molecular weight is 2120 g/mol. The van der Waals surface area contributed by atoms with Crippen molar-refractivity contribution in [1.82, 2.24) is 10.8 Å². The highest BCUT2D eigenvalue weighted by Crippen LogP contribution is 2.65. The van der Waals surface area contributed by atoms with Gasteiger partial charge in [-0.15, -0.1) is 11.6 Å². The number of carbonyl (C=O) groups is 1. The summed E-state index contributed by atoms with van der Waals surface area (Å²) in [4.78, 5) is 37.6. The molecule has 6 saturated carbocycles. The van der Waals surface area contributed by atoms with Crippen LogP contribution in [0.25, 0.3) is 0 Å². The third-order valence-electron chi connectivity index (χ3n) is 21.5. The summed E-state index contributed by atoms with van der Waals surface area (Å²) < 4.78 is 291. The molecular weight excluding hydrogens is 2050 g/mol. The highest BCUT2D eigenvalue weighted by molar-refractivity contribution is 9.18. The highest BCUT2D eigenvalue weighted by atomic mass is 79.9. The summed E-state index contributed by atoms with van der Waals surface area (Å²) in [6, 6.07) is 22.8. The maximum absolute atomic E-state index is 14.5. The van der Waals surface area contributed by atoms with Gasteiger partial charge in [-0.1, -0.05) is 97.4 Å². The SMILES string of the molecule is C/C(Br)=N\O.CC1=NOC(CCl)C1.CC1=NOC2CC12.Fc1ccc(Br)cc1[C@@]1(C(F)(F)F)NO[C@@H]2C[C@@H]21.NC1=N[C@@](c2cc(Br)ccc2F)(C(F)(F)F)[C@H]2C[C@H]2O1.NC1=N[C@@](c2cc(N)ccc2F)(C(F)(F)F)[C@H]2C[C@H]2O1.N[C@](c1cc(Br)ccc1F)([C@H]1C[C@H]1O)C(F)(F)F.O=C(NC1=N[C@@](c2cc(Br)ccc2F)(C(F)(F)F)[C@H]2C[C@H]2O1)c1ccccc1. The van der Waals surface area contributed by atoms with E-state index in [0.717, 1.165) is 72.8 Å². The predicted molar refractivity (Wildman–Crippen MR) is 427 cm³/mol. The van der Waals surface area contributed by atoms with Gasteiger partial charge in [0.15, 0.2) is 22.2 Å². The lowest BCUT2D eigenvalue weighted by molar-refractivity contribution is -0.223. The molecule has 7 fully saturated rings. The van der Waals surface area contributed by atoms with E-state index in [2.05, 4.69) is 115 Å². The Morgan fingerprint density at radius 1 is 0.556 bits per heavy atom. The van der Waals surface area contributed by atoms with Crippen LogP contribution in [-0.4, -0.2) is 130 Å². The van der Waals surface area contributed by atoms with Crippen molar-refractivity contribution in [1.29, 1.82) is 0 Å². The molecule has 3 unspecified atom stereocenters. The quantitative estimate of drug-likeness (QED) is 0.0175. The smallest absolute Gasteiger partial charge is 0.418 e. The molecule has 12 N–H and O–H groups in total. The van der Waals surface area contributed by atoms with E-state index in [1.165, 1.54) is 54.6 Å². The number of anilines is 1. The monoisotopic (exact) mass is 2120 g/mol. The second kappa shape index (κ2) is 36.7. The number of hydrogen-bond acceptors (Lipinski definition) is 20. The van der Waals surface area contributed by atoms with Gasteiger partial charge in [-0.25, -0.2) is 36.9 Å². The number of nitrogens with two attached hydrogens (primary N) is 4. The minimum absolute atomic E-state index is 0.0301. The van der Waals surface area contributed by atoms with Crippen molar-refractivity contribution in [3.63, 3.8) is 0 Å². The van der Waals surface area contributed by atoms with Gasteiger partial charge in [0.2, 0.25) is 0 Å². The number of rotatable bonds is 8. The van der Waals surface area contributed by atoms with Crippen LogP contribution in [-0.2, 0) is 56.4 Å². The number of aliphatic imine (C=N–C) groups is 3. The number of nitrogens with zero attached hydrogens (tertiary/aromatic N) is 6. The van der Waals surface area contributed by atoms with Gasteiger partial charge in [-0.2, -0.15) is 71.3 Å². The molecule has 1 saturated heterocycles. The summed E-state index contributed by atoms with van der Waals surface area (Å²) in [6.45, 7) is 5.60. The predicted octanol–water partition coefficient (Wildman–Crippen LogP) is 18.8. The van der Waals surface area contributed by atoms with Crippen LogP contribution in [0.15, 0.2) is 170 Å². The van der Waals surface area contributed by atoms with Crippen molar-refractivity contribution in [2.24, 2.45) is 83.2 Å². The first-order valence-electron chi connectivity index (χ1n) is 36.8. The van der Waals surface area contributed by atoms with Crippen LogP contribution < -0.4 is 33.7 Å². The molecular formula is C77H70Br5ClF20N12O9. The van der Waals surface area contributed by atoms with Crippen LogP contribution in [0.4, 0.5) is 93.5 Å². The first kappa shape index (κ1) is 96.8. The van der Waals surface area contributed by atoms with E-state index in [1.54, 1.807) is 25.1 Å². The summed E-state index contributed by atoms with van der Waals surface area (Å²) in [7, 11) is 0. The standard InChI is InChI=1S/C19H13BrF4N2O2.C12H9BrF4N2O.C12H11F4N3O.C11H8BrF4NO.C11H10BrF4NO.C5H8ClNO.C5H7NO.C2H4BrNO/c20-11-6-7-14(21)12(8-11)18(19(22,23)24)13-9-15(13)28-17(26-18)25-16(27)10-4-2-1-3-5-10;13-5-1-2-8(14)6(3-5)11(12(15,16)17)7-4-9(7)20-10(18)19-11;13-8-2-1-5(17)3-6(8)11(12(14,15)16)7-4-9(7)20-10(18)19-11;12-5-1-2-8(13)6(3-5)10(11(14,15)16)7-4-9(7)18-17-10;12-5-1-2-8(13)6(3-5)10(17,11(14,15)16)7-4-9(7)18;1-4-2-5(3-6)8-7-4;1-3-4-2-5(4)7-6-3;1-2(3)4-5/h1-8,13,15H,9H2,(H,25,26,27);1-3,7,9H,4H2,(H2,18,19);1-3,7,9H,4,17H2,(H2,18,19);1-3,7,9,17H,4H2;1-3,7,9,18H,4,17H2;5H,2-3H2,1H3;4-5H,2H2,1H3;5H,1H3/b;;;;;;;4-2+/t13-,15+,18+;2*7-,9+,11+;2*7-,9+,10+;;;/m00000.../s1. The summed E-state index contributed by atoms with van der Waals surface area (Å²) in [6.07, 6.45) is -24.4. The largest absolute Gasteiger partial charge is 0.462 e. The first-order valence-corrected chi connectivity index (χ1v) is 41.3. The van der Waals surface area contributed by atoms with Gasteiger partial charge in [0.25, 0.3) is 24.0 Å². The van der Waals surface area contributed by atoms with Gasteiger partial charge in [-0.3, -0.25) is 14.9 Å². The molecule has 1 amide bonds. The average Bonchev–Trinajstić information content (AvgIpc) is 1.54. The van der Waals surface area contributed by atoms with E-state index >= 15 is 0 Å². The Morgan fingerprint density at radius 2 is 0.984 bits per heavy atom. The van der Waals surface area contributed by atoms with E-state index in [9.17, 15) is 97.7 Å². The number of oxime groups is 3. The zero-order valence-electron chi connectivity index (χ0n) is 63.8. The molecule has 6 heterocycles. The molecule has 6 aliphatic carbocycles. The number of aliphatic hydroxyl groups is 1. The Kier molecular flexibility index (Phi) is 28.6. The molecule has 6 aromatic rings. The van der Waals surface area contributed by atoms with Crippen LogP contribution in [0.2, 0.25) is 0 Å². The number of carbonyl (C=O) groups excluding carboxylic acids is 1. The maximum Gasteiger partial charge on any atom is 0.418 e. The molecule has 0 aromatic heterocycles. The van der Waals surface area contributed by atoms with Gasteiger partial charge >= 0.3 is 30.9 Å². The lowest BCUT2D eigenvalue weighted by Crippen LogP contribution is -2.53. The minimum atomic E-state index is -4.89. The van der Waals surface area contributed by atoms with E-state index < -0.39 is 200 Å². The second-order valence-corrected chi connectivity index (χ2v) is 35.2. The van der Waals surface area contributed by atoms with Crippen molar-refractivity contribution in [3.8, 4) is 0 Å². The van der Waals surface area contributed by atoms with Gasteiger partial charge in [-0.05, 0) is 178 Å². The number of halogens is 26. The summed E-state index contributed by atoms with van der Waals surface area (Å²) in [5.41, 5.74) is 9.73. The van der Waals surface area contributed by atoms with Gasteiger partial charge in [0, 0.05) is 98.9 Å². The molecule has 0 bridgehead atoms. The summed E-state index contributed by atoms with van der Waals surface area (Å²) >= 11 is 20.5. The highest BCUT2D eigenvalue weighted by Gasteiger charge is 2.76. The Morgan fingerprint density at radius 3 is 1.35 bits per heavy atom. The summed E-state index contributed by atoms with van der Waals surface area (Å²) in [5.74, 6) is -9.29. The number of fused-ring (bicyclic) bond motifs is 5. The number of ether oxygens (including phenoxy) is 3. The topological polar surface area (TPSA) is 315 Å². The zero-order chi connectivity index (χ0) is 91.5. The van der Waals surface area contributed by atoms with Crippen molar-refractivity contribution >= 4 is 137 Å². The van der Waals surface area contributed by atoms with Crippen LogP contribution in [0.5, 0.6) is 0 Å². The molecule has 6 aromatic carbocycles. The Hall–Kier alpha value is -7.86. The fourth-order valence-corrected chi connectivity index (χ4v) is 16.5. The summed E-state index contributed by atoms with van der Waals surface area (Å²) in [5, 5.41) is 29.4.